The Bertz CT molecular complexity index is 1030. The summed E-state index contributed by atoms with van der Waals surface area (Å²) in [5, 5.41) is 11.3. The first kappa shape index (κ1) is 22.6. The summed E-state index contributed by atoms with van der Waals surface area (Å²) in [6.45, 7) is 11.2. The first-order valence-electron chi connectivity index (χ1n) is 9.64. The molecule has 0 bridgehead atoms. The zero-order chi connectivity index (χ0) is 22.6. The number of phenolic OH excluding ortho intramolecular Hbond substituents is 1. The van der Waals surface area contributed by atoms with Gasteiger partial charge in [-0.1, -0.05) is 23.2 Å². The smallest absolute Gasteiger partial charge is 0.419 e. The van der Waals surface area contributed by atoms with Gasteiger partial charge in [0, 0.05) is 35.7 Å². The summed E-state index contributed by atoms with van der Waals surface area (Å²) in [4.78, 5) is 27.2. The quantitative estimate of drug-likeness (QED) is 0.547. The van der Waals surface area contributed by atoms with Gasteiger partial charge in [-0.3, -0.25) is 0 Å². The third-order valence-electron chi connectivity index (χ3n) is 4.51. The van der Waals surface area contributed by atoms with E-state index in [4.69, 9.17) is 32.7 Å². The Morgan fingerprint density at radius 2 is 1.60 bits per heavy atom. The minimum absolute atomic E-state index is 0.116. The van der Waals surface area contributed by atoms with Crippen molar-refractivity contribution in [2.45, 2.75) is 65.7 Å². The molecule has 30 heavy (non-hydrogen) atoms. The molecule has 1 aromatic heterocycles. The molecule has 164 valence electrons. The molecule has 0 spiro atoms. The standard InChI is InChI=1S/C21H26Cl2N2O5/c1-20(2,3)29-18(27)24-8-7-13-11(10-24)15-14(26)9-12(22)16(23)17(15)25(13)19(28)30-21(4,5)6/h9,26H,7-8,10H2,1-6H3. The van der Waals surface area contributed by atoms with Crippen LogP contribution in [0.5, 0.6) is 5.75 Å². The monoisotopic (exact) mass is 456 g/mol. The van der Waals surface area contributed by atoms with Gasteiger partial charge >= 0.3 is 12.2 Å². The van der Waals surface area contributed by atoms with Crippen molar-refractivity contribution in [3.05, 3.63) is 27.4 Å². The second-order valence-corrected chi connectivity index (χ2v) is 10.1. The lowest BCUT2D eigenvalue weighted by atomic mass is 10.0. The Kier molecular flexibility index (Phi) is 5.67. The van der Waals surface area contributed by atoms with E-state index >= 15 is 0 Å². The molecule has 1 aromatic carbocycles. The summed E-state index contributed by atoms with van der Waals surface area (Å²) >= 11 is 12.6. The van der Waals surface area contributed by atoms with E-state index in [2.05, 4.69) is 0 Å². The van der Waals surface area contributed by atoms with Crippen LogP contribution in [-0.4, -0.2) is 44.5 Å². The van der Waals surface area contributed by atoms with Crippen LogP contribution in [-0.2, 0) is 22.4 Å². The first-order valence-corrected chi connectivity index (χ1v) is 10.4. The average molecular weight is 457 g/mol. The van der Waals surface area contributed by atoms with E-state index in [0.717, 1.165) is 0 Å². The molecule has 0 unspecified atom stereocenters. The van der Waals surface area contributed by atoms with Gasteiger partial charge in [-0.2, -0.15) is 0 Å². The number of carbonyl (C=O) groups excluding carboxylic acids is 2. The second-order valence-electron chi connectivity index (χ2n) is 9.31. The normalized spacial score (nSPS) is 14.6. The van der Waals surface area contributed by atoms with Crippen molar-refractivity contribution in [3.63, 3.8) is 0 Å². The number of amides is 1. The number of halogens is 2. The Morgan fingerprint density at radius 1 is 1.03 bits per heavy atom. The number of rotatable bonds is 0. The largest absolute Gasteiger partial charge is 0.507 e. The first-order chi connectivity index (χ1) is 13.7. The molecule has 2 aromatic rings. The molecule has 0 radical (unpaired) electrons. The maximum absolute atomic E-state index is 13.0. The number of hydrogen-bond donors (Lipinski definition) is 1. The maximum atomic E-state index is 13.0. The number of fused-ring (bicyclic) bond motifs is 3. The van der Waals surface area contributed by atoms with E-state index in [-0.39, 0.29) is 27.9 Å². The summed E-state index contributed by atoms with van der Waals surface area (Å²) in [7, 11) is 0. The Labute approximate surface area is 185 Å². The minimum atomic E-state index is -0.731. The van der Waals surface area contributed by atoms with Crippen molar-refractivity contribution in [1.82, 2.24) is 9.47 Å². The molecule has 0 saturated carbocycles. The van der Waals surface area contributed by atoms with Crippen LogP contribution < -0.4 is 0 Å². The Balaban J connectivity index is 2.16. The SMILES string of the molecule is CC(C)(C)OC(=O)N1CCc2c(c3c(O)cc(Cl)c(Cl)c3n2C(=O)OC(C)(C)C)C1. The number of aromatic nitrogens is 1. The number of ether oxygens (including phenoxy) is 2. The highest BCUT2D eigenvalue weighted by atomic mass is 35.5. The van der Waals surface area contributed by atoms with Gasteiger partial charge in [0.05, 0.1) is 22.1 Å². The molecular formula is C21H26Cl2N2O5. The van der Waals surface area contributed by atoms with Crippen molar-refractivity contribution < 1.29 is 24.2 Å². The summed E-state index contributed by atoms with van der Waals surface area (Å²) in [6, 6.07) is 1.33. The van der Waals surface area contributed by atoms with Crippen LogP contribution in [0.3, 0.4) is 0 Å². The summed E-state index contributed by atoms with van der Waals surface area (Å²) < 4.78 is 12.4. The van der Waals surface area contributed by atoms with Crippen LogP contribution >= 0.6 is 23.2 Å². The minimum Gasteiger partial charge on any atom is -0.507 e. The van der Waals surface area contributed by atoms with Gasteiger partial charge in [-0.25, -0.2) is 14.2 Å². The summed E-state index contributed by atoms with van der Waals surface area (Å²) in [6.07, 6.45) is -0.732. The fourth-order valence-electron chi connectivity index (χ4n) is 3.46. The van der Waals surface area contributed by atoms with Gasteiger partial charge in [0.15, 0.2) is 0 Å². The van der Waals surface area contributed by atoms with Crippen LogP contribution in [0, 0.1) is 0 Å². The zero-order valence-corrected chi connectivity index (χ0v) is 19.4. The number of phenols is 1. The molecule has 0 aliphatic carbocycles. The van der Waals surface area contributed by atoms with Crippen LogP contribution in [0.15, 0.2) is 6.07 Å². The fourth-order valence-corrected chi connectivity index (χ4v) is 3.88. The molecule has 7 nitrogen and oxygen atoms in total. The third kappa shape index (κ3) is 4.32. The lowest BCUT2D eigenvalue weighted by Crippen LogP contribution is -2.40. The van der Waals surface area contributed by atoms with E-state index in [9.17, 15) is 14.7 Å². The van der Waals surface area contributed by atoms with Crippen molar-refractivity contribution in [2.75, 3.05) is 6.54 Å². The summed E-state index contributed by atoms with van der Waals surface area (Å²) in [5.41, 5.74) is 0.139. The molecule has 1 N–H and O–H groups in total. The van der Waals surface area contributed by atoms with Crippen molar-refractivity contribution in [2.24, 2.45) is 0 Å². The van der Waals surface area contributed by atoms with E-state index in [0.29, 0.717) is 29.6 Å². The maximum Gasteiger partial charge on any atom is 0.419 e. The average Bonchev–Trinajstić information content (AvgIpc) is 2.91. The highest BCUT2D eigenvalue weighted by Gasteiger charge is 2.34. The lowest BCUT2D eigenvalue weighted by Gasteiger charge is -2.30. The summed E-state index contributed by atoms with van der Waals surface area (Å²) in [5.74, 6) is -0.121. The van der Waals surface area contributed by atoms with Gasteiger partial charge in [0.2, 0.25) is 0 Å². The van der Waals surface area contributed by atoms with E-state index < -0.39 is 23.4 Å². The van der Waals surface area contributed by atoms with Gasteiger partial charge in [0.1, 0.15) is 17.0 Å². The Hall–Kier alpha value is -2.12. The van der Waals surface area contributed by atoms with Gasteiger partial charge in [-0.15, -0.1) is 0 Å². The predicted molar refractivity (Wildman–Crippen MR) is 116 cm³/mol. The topological polar surface area (TPSA) is 81.0 Å². The van der Waals surface area contributed by atoms with Crippen LogP contribution in [0.4, 0.5) is 9.59 Å². The predicted octanol–water partition coefficient (Wildman–Crippen LogP) is 5.73. The fraction of sp³-hybridized carbons (Fsp3) is 0.524. The van der Waals surface area contributed by atoms with Crippen LogP contribution in [0.25, 0.3) is 10.9 Å². The Morgan fingerprint density at radius 3 is 2.17 bits per heavy atom. The number of benzene rings is 1. The van der Waals surface area contributed by atoms with Crippen LogP contribution in [0.1, 0.15) is 52.8 Å². The third-order valence-corrected chi connectivity index (χ3v) is 5.29. The van der Waals surface area contributed by atoms with Crippen molar-refractivity contribution in [3.8, 4) is 5.75 Å². The molecule has 1 aliphatic rings. The molecular weight excluding hydrogens is 431 g/mol. The number of aromatic hydroxyl groups is 1. The number of nitrogens with zero attached hydrogens (tertiary/aromatic N) is 2. The van der Waals surface area contributed by atoms with Gasteiger partial charge < -0.3 is 19.5 Å². The van der Waals surface area contributed by atoms with E-state index in [1.165, 1.54) is 15.5 Å². The molecule has 1 amide bonds. The molecule has 3 rings (SSSR count). The molecule has 0 saturated heterocycles. The molecule has 0 atom stereocenters. The lowest BCUT2D eigenvalue weighted by molar-refractivity contribution is 0.0223. The zero-order valence-electron chi connectivity index (χ0n) is 17.9. The van der Waals surface area contributed by atoms with Crippen molar-refractivity contribution in [1.29, 1.82) is 0 Å². The number of hydrogen-bond acceptors (Lipinski definition) is 5. The molecule has 0 fully saturated rings. The van der Waals surface area contributed by atoms with Gasteiger partial charge in [-0.05, 0) is 41.5 Å². The van der Waals surface area contributed by atoms with E-state index in [1.54, 1.807) is 41.5 Å². The molecule has 1 aliphatic heterocycles. The second kappa shape index (κ2) is 7.54. The molecule has 2 heterocycles. The van der Waals surface area contributed by atoms with Crippen molar-refractivity contribution >= 4 is 46.3 Å². The molecule has 9 heteroatoms. The number of carbonyl (C=O) groups is 2. The van der Waals surface area contributed by atoms with Crippen LogP contribution in [0.2, 0.25) is 10.0 Å². The van der Waals surface area contributed by atoms with Gasteiger partial charge in [0.25, 0.3) is 0 Å². The van der Waals surface area contributed by atoms with E-state index in [1.807, 2.05) is 0 Å². The highest BCUT2D eigenvalue weighted by molar-refractivity contribution is 6.45. The highest BCUT2D eigenvalue weighted by Crippen LogP contribution is 2.43.